The molecule has 2 nitrogen and oxygen atoms in total. The molecule has 1 aromatic carbocycles. The second kappa shape index (κ2) is 4.74. The van der Waals surface area contributed by atoms with Crippen LogP contribution in [0.2, 0.25) is 0 Å². The zero-order chi connectivity index (χ0) is 13.3. The standard InChI is InChI=1S/C12H16BF2O2/c1-11(2,16)12(3,4)17-13-9-6-5-8(14)7-10(9)15/h5-7,16H,1-4H3. The molecule has 1 N–H and O–H groups in total. The van der Waals surface area contributed by atoms with E-state index in [0.29, 0.717) is 0 Å². The van der Waals surface area contributed by atoms with Crippen LogP contribution < -0.4 is 5.46 Å². The molecule has 1 rings (SSSR count). The number of benzene rings is 1. The number of aliphatic hydroxyl groups is 1. The normalized spacial score (nSPS) is 12.6. The zero-order valence-electron chi connectivity index (χ0n) is 10.4. The van der Waals surface area contributed by atoms with Gasteiger partial charge >= 0.3 is 7.48 Å². The maximum absolute atomic E-state index is 13.3. The number of hydrogen-bond acceptors (Lipinski definition) is 2. The van der Waals surface area contributed by atoms with Gasteiger partial charge in [0.15, 0.2) is 0 Å². The Morgan fingerprint density at radius 2 is 1.76 bits per heavy atom. The van der Waals surface area contributed by atoms with Crippen LogP contribution >= 0.6 is 0 Å². The Bertz CT molecular complexity index is 400. The Balaban J connectivity index is 2.74. The Morgan fingerprint density at radius 1 is 1.18 bits per heavy atom. The van der Waals surface area contributed by atoms with Crippen molar-refractivity contribution in [2.75, 3.05) is 0 Å². The number of rotatable bonds is 4. The summed E-state index contributed by atoms with van der Waals surface area (Å²) in [6.45, 7) is 6.57. The van der Waals surface area contributed by atoms with Crippen LogP contribution in [0.15, 0.2) is 18.2 Å². The molecular weight excluding hydrogens is 225 g/mol. The van der Waals surface area contributed by atoms with Crippen molar-refractivity contribution < 1.29 is 18.5 Å². The van der Waals surface area contributed by atoms with Gasteiger partial charge in [0.2, 0.25) is 0 Å². The first kappa shape index (κ1) is 14.1. The highest BCUT2D eigenvalue weighted by molar-refractivity contribution is 6.47. The van der Waals surface area contributed by atoms with E-state index in [1.165, 1.54) is 13.5 Å². The molecular formula is C12H16BF2O2. The van der Waals surface area contributed by atoms with Gasteiger partial charge < -0.3 is 9.76 Å². The molecule has 0 amide bonds. The lowest BCUT2D eigenvalue weighted by atomic mass is 9.82. The summed E-state index contributed by atoms with van der Waals surface area (Å²) in [6, 6.07) is 3.22. The van der Waals surface area contributed by atoms with Gasteiger partial charge in [-0.3, -0.25) is 0 Å². The van der Waals surface area contributed by atoms with Crippen LogP contribution in [0.3, 0.4) is 0 Å². The van der Waals surface area contributed by atoms with E-state index >= 15 is 0 Å². The van der Waals surface area contributed by atoms with Crippen molar-refractivity contribution in [3.63, 3.8) is 0 Å². The summed E-state index contributed by atoms with van der Waals surface area (Å²) in [5.41, 5.74) is -1.82. The van der Waals surface area contributed by atoms with Gasteiger partial charge in [0, 0.05) is 6.07 Å². The second-order valence-corrected chi connectivity index (χ2v) is 4.97. The van der Waals surface area contributed by atoms with Crippen molar-refractivity contribution in [2.24, 2.45) is 0 Å². The monoisotopic (exact) mass is 241 g/mol. The molecule has 93 valence electrons. The van der Waals surface area contributed by atoms with Crippen LogP contribution in [0.25, 0.3) is 0 Å². The largest absolute Gasteiger partial charge is 0.427 e. The van der Waals surface area contributed by atoms with E-state index in [0.717, 1.165) is 12.1 Å². The van der Waals surface area contributed by atoms with Crippen molar-refractivity contribution in [1.82, 2.24) is 0 Å². The van der Waals surface area contributed by atoms with E-state index in [4.69, 9.17) is 4.65 Å². The van der Waals surface area contributed by atoms with Crippen molar-refractivity contribution in [3.05, 3.63) is 29.8 Å². The van der Waals surface area contributed by atoms with Crippen LogP contribution in [0.5, 0.6) is 0 Å². The molecule has 0 unspecified atom stereocenters. The average Bonchev–Trinajstić information content (AvgIpc) is 2.14. The maximum atomic E-state index is 13.3. The molecule has 0 aliphatic heterocycles. The minimum atomic E-state index is -1.08. The van der Waals surface area contributed by atoms with Crippen molar-refractivity contribution in [1.29, 1.82) is 0 Å². The molecule has 0 bridgehead atoms. The van der Waals surface area contributed by atoms with Gasteiger partial charge in [-0.1, -0.05) is 6.07 Å². The van der Waals surface area contributed by atoms with Gasteiger partial charge in [0.25, 0.3) is 0 Å². The lowest BCUT2D eigenvalue weighted by molar-refractivity contribution is -0.0893. The summed E-state index contributed by atoms with van der Waals surface area (Å²) in [7, 11) is 1.19. The highest BCUT2D eigenvalue weighted by Gasteiger charge is 2.35. The number of halogens is 2. The first-order chi connectivity index (χ1) is 7.63. The minimum absolute atomic E-state index is 0.142. The molecule has 1 radical (unpaired) electrons. The third-order valence-corrected chi connectivity index (χ3v) is 2.92. The smallest absolute Gasteiger partial charge is 0.333 e. The SMILES string of the molecule is CC(C)(O)C(C)(C)O[B]c1ccc(F)cc1F. The van der Waals surface area contributed by atoms with Gasteiger partial charge in [-0.25, -0.2) is 8.78 Å². The highest BCUT2D eigenvalue weighted by atomic mass is 19.1. The summed E-state index contributed by atoms with van der Waals surface area (Å²) in [5.74, 6) is -1.34. The Morgan fingerprint density at radius 3 is 2.24 bits per heavy atom. The molecule has 0 fully saturated rings. The van der Waals surface area contributed by atoms with Crippen molar-refractivity contribution in [2.45, 2.75) is 38.9 Å². The van der Waals surface area contributed by atoms with Gasteiger partial charge in [-0.05, 0) is 39.2 Å². The third kappa shape index (κ3) is 3.51. The van der Waals surface area contributed by atoms with E-state index in [1.807, 2.05) is 0 Å². The Hall–Kier alpha value is -0.935. The van der Waals surface area contributed by atoms with Crippen molar-refractivity contribution in [3.8, 4) is 0 Å². The third-order valence-electron chi connectivity index (χ3n) is 2.92. The molecule has 0 heterocycles. The van der Waals surface area contributed by atoms with Crippen LogP contribution in [0.1, 0.15) is 27.7 Å². The van der Waals surface area contributed by atoms with Gasteiger partial charge in [-0.2, -0.15) is 0 Å². The molecule has 0 aromatic heterocycles. The van der Waals surface area contributed by atoms with E-state index in [9.17, 15) is 13.9 Å². The van der Waals surface area contributed by atoms with Crippen LogP contribution in [0, 0.1) is 11.6 Å². The quantitative estimate of drug-likeness (QED) is 0.814. The minimum Gasteiger partial charge on any atom is -0.427 e. The maximum Gasteiger partial charge on any atom is 0.333 e. The fourth-order valence-corrected chi connectivity index (χ4v) is 0.952. The summed E-state index contributed by atoms with van der Waals surface area (Å²) in [4.78, 5) is 0. The molecule has 5 heteroatoms. The lowest BCUT2D eigenvalue weighted by Gasteiger charge is -2.37. The molecule has 0 aliphatic rings. The first-order valence-corrected chi connectivity index (χ1v) is 5.32. The van der Waals surface area contributed by atoms with Gasteiger partial charge in [0.05, 0.1) is 11.2 Å². The van der Waals surface area contributed by atoms with Crippen LogP contribution in [-0.2, 0) is 4.65 Å². The molecule has 0 saturated carbocycles. The fraction of sp³-hybridized carbons (Fsp3) is 0.500. The van der Waals surface area contributed by atoms with Crippen molar-refractivity contribution >= 4 is 12.9 Å². The zero-order valence-corrected chi connectivity index (χ0v) is 10.4. The topological polar surface area (TPSA) is 29.5 Å². The molecule has 1 aromatic rings. The molecule has 17 heavy (non-hydrogen) atoms. The molecule has 0 atom stereocenters. The molecule has 0 spiro atoms. The summed E-state index contributed by atoms with van der Waals surface area (Å²) >= 11 is 0. The van der Waals surface area contributed by atoms with Crippen LogP contribution in [-0.4, -0.2) is 23.8 Å². The van der Waals surface area contributed by atoms with E-state index in [1.54, 1.807) is 27.7 Å². The van der Waals surface area contributed by atoms with E-state index < -0.39 is 22.8 Å². The lowest BCUT2D eigenvalue weighted by Crippen LogP contribution is -2.49. The number of hydrogen-bond donors (Lipinski definition) is 1. The molecule has 0 aliphatic carbocycles. The van der Waals surface area contributed by atoms with Gasteiger partial charge in [0.1, 0.15) is 11.6 Å². The molecule has 0 saturated heterocycles. The first-order valence-electron chi connectivity index (χ1n) is 5.32. The predicted molar refractivity (Wildman–Crippen MR) is 63.2 cm³/mol. The highest BCUT2D eigenvalue weighted by Crippen LogP contribution is 2.24. The Labute approximate surface area is 101 Å². The van der Waals surface area contributed by atoms with Gasteiger partial charge in [-0.15, -0.1) is 0 Å². The average molecular weight is 241 g/mol. The van der Waals surface area contributed by atoms with Crippen LogP contribution in [0.4, 0.5) is 8.78 Å². The predicted octanol–water partition coefficient (Wildman–Crippen LogP) is 1.78. The summed E-state index contributed by atoms with van der Waals surface area (Å²) in [6.07, 6.45) is 0. The fourth-order valence-electron chi connectivity index (χ4n) is 0.952. The van der Waals surface area contributed by atoms with E-state index in [-0.39, 0.29) is 5.46 Å². The summed E-state index contributed by atoms with van der Waals surface area (Å²) < 4.78 is 31.3. The Kier molecular flexibility index (Phi) is 3.94. The van der Waals surface area contributed by atoms with E-state index in [2.05, 4.69) is 0 Å². The second-order valence-electron chi connectivity index (χ2n) is 4.97. The summed E-state index contributed by atoms with van der Waals surface area (Å²) in [5, 5.41) is 9.84.